The third-order valence-corrected chi connectivity index (χ3v) is 3.32. The number of hydrogen-bond donors (Lipinski definition) is 1. The van der Waals surface area contributed by atoms with E-state index in [9.17, 15) is 9.18 Å². The van der Waals surface area contributed by atoms with E-state index in [4.69, 9.17) is 9.47 Å². The van der Waals surface area contributed by atoms with E-state index in [1.54, 1.807) is 24.1 Å². The van der Waals surface area contributed by atoms with Crippen LogP contribution < -0.4 is 10.1 Å². The van der Waals surface area contributed by atoms with Gasteiger partial charge in [0, 0.05) is 20.1 Å². The first kappa shape index (κ1) is 18.7. The smallest absolute Gasteiger partial charge is 0.241 e. The number of hydrogen-bond acceptors (Lipinski definition) is 4. The van der Waals surface area contributed by atoms with Gasteiger partial charge < -0.3 is 19.7 Å². The second-order valence-corrected chi connectivity index (χ2v) is 5.00. The summed E-state index contributed by atoms with van der Waals surface area (Å²) in [6.07, 6.45) is 0.715. The molecule has 1 aromatic rings. The zero-order valence-corrected chi connectivity index (χ0v) is 13.4. The quantitative estimate of drug-likeness (QED) is 0.801. The number of likely N-dealkylation sites (N-methyl/N-ethyl adjacent to an activating group) is 1. The maximum atomic E-state index is 12.7. The van der Waals surface area contributed by atoms with E-state index in [2.05, 4.69) is 5.32 Å². The minimum absolute atomic E-state index is 0. The Balaban J connectivity index is 0.00000242. The van der Waals surface area contributed by atoms with Crippen LogP contribution in [-0.4, -0.2) is 56.8 Å². The van der Waals surface area contributed by atoms with Crippen LogP contribution >= 0.6 is 12.4 Å². The molecule has 1 atom stereocenters. The maximum Gasteiger partial charge on any atom is 0.241 e. The zero-order valence-electron chi connectivity index (χ0n) is 12.6. The van der Waals surface area contributed by atoms with Crippen molar-refractivity contribution in [2.75, 3.05) is 40.0 Å². The van der Waals surface area contributed by atoms with Gasteiger partial charge in [-0.1, -0.05) is 0 Å². The average Bonchev–Trinajstić information content (AvgIpc) is 2.53. The molecule has 1 aliphatic heterocycles. The summed E-state index contributed by atoms with van der Waals surface area (Å²) in [5, 5.41) is 3.14. The van der Waals surface area contributed by atoms with E-state index in [0.717, 1.165) is 0 Å². The Morgan fingerprint density at radius 1 is 1.45 bits per heavy atom. The summed E-state index contributed by atoms with van der Waals surface area (Å²) in [6, 6.07) is 5.65. The third-order valence-electron chi connectivity index (χ3n) is 3.32. The van der Waals surface area contributed by atoms with Crippen molar-refractivity contribution in [3.63, 3.8) is 0 Å². The highest BCUT2D eigenvalue weighted by molar-refractivity contribution is 5.85. The van der Waals surface area contributed by atoms with Gasteiger partial charge in [-0.2, -0.15) is 0 Å². The highest BCUT2D eigenvalue weighted by Gasteiger charge is 2.23. The summed E-state index contributed by atoms with van der Waals surface area (Å²) < 4.78 is 23.5. The van der Waals surface area contributed by atoms with Gasteiger partial charge in [0.25, 0.3) is 0 Å². The maximum absolute atomic E-state index is 12.7. The van der Waals surface area contributed by atoms with Crippen molar-refractivity contribution < 1.29 is 18.7 Å². The SMILES string of the molecule is CN(CCCOc1ccc(F)cc1)C(=O)C1COCCN1.Cl. The van der Waals surface area contributed by atoms with Crippen LogP contribution in [0.3, 0.4) is 0 Å². The summed E-state index contributed by atoms with van der Waals surface area (Å²) in [6.45, 7) is 2.88. The summed E-state index contributed by atoms with van der Waals surface area (Å²) in [7, 11) is 1.77. The highest BCUT2D eigenvalue weighted by atomic mass is 35.5. The number of carbonyl (C=O) groups is 1. The lowest BCUT2D eigenvalue weighted by atomic mass is 10.2. The number of amides is 1. The Morgan fingerprint density at radius 3 is 2.82 bits per heavy atom. The average molecular weight is 333 g/mol. The molecule has 1 saturated heterocycles. The molecule has 2 rings (SSSR count). The van der Waals surface area contributed by atoms with Gasteiger partial charge in [0.15, 0.2) is 0 Å². The molecular weight excluding hydrogens is 311 g/mol. The third kappa shape index (κ3) is 5.79. The van der Waals surface area contributed by atoms with Crippen molar-refractivity contribution in [1.82, 2.24) is 10.2 Å². The topological polar surface area (TPSA) is 50.8 Å². The van der Waals surface area contributed by atoms with Gasteiger partial charge in [0.2, 0.25) is 5.91 Å². The van der Waals surface area contributed by atoms with Gasteiger partial charge in [-0.3, -0.25) is 4.79 Å². The lowest BCUT2D eigenvalue weighted by Crippen LogP contribution is -2.51. The van der Waals surface area contributed by atoms with Gasteiger partial charge in [0.1, 0.15) is 17.6 Å². The number of morpholine rings is 1. The fraction of sp³-hybridized carbons (Fsp3) is 0.533. The van der Waals surface area contributed by atoms with E-state index in [-0.39, 0.29) is 30.2 Å². The van der Waals surface area contributed by atoms with Gasteiger partial charge in [-0.05, 0) is 30.7 Å². The first-order chi connectivity index (χ1) is 10.2. The largest absolute Gasteiger partial charge is 0.494 e. The molecule has 5 nitrogen and oxygen atoms in total. The molecule has 1 unspecified atom stereocenters. The van der Waals surface area contributed by atoms with Crippen molar-refractivity contribution in [1.29, 1.82) is 0 Å². The Morgan fingerprint density at radius 2 is 2.18 bits per heavy atom. The highest BCUT2D eigenvalue weighted by Crippen LogP contribution is 2.11. The lowest BCUT2D eigenvalue weighted by Gasteiger charge is -2.27. The molecule has 1 aliphatic rings. The van der Waals surface area contributed by atoms with Crippen molar-refractivity contribution in [3.8, 4) is 5.75 Å². The summed E-state index contributed by atoms with van der Waals surface area (Å²) in [5.74, 6) is 0.388. The Labute approximate surface area is 136 Å². The van der Waals surface area contributed by atoms with Crippen molar-refractivity contribution in [3.05, 3.63) is 30.1 Å². The van der Waals surface area contributed by atoms with Gasteiger partial charge >= 0.3 is 0 Å². The summed E-state index contributed by atoms with van der Waals surface area (Å²) in [5.41, 5.74) is 0. The van der Waals surface area contributed by atoms with E-state index in [1.807, 2.05) is 0 Å². The summed E-state index contributed by atoms with van der Waals surface area (Å²) in [4.78, 5) is 13.8. The first-order valence-electron chi connectivity index (χ1n) is 7.11. The lowest BCUT2D eigenvalue weighted by molar-refractivity contribution is -0.135. The first-order valence-corrected chi connectivity index (χ1v) is 7.11. The molecule has 0 aliphatic carbocycles. The molecule has 0 spiro atoms. The zero-order chi connectivity index (χ0) is 15.1. The minimum atomic E-state index is -0.283. The number of halogens is 2. The van der Waals surface area contributed by atoms with Gasteiger partial charge in [0.05, 0.1) is 19.8 Å². The molecule has 1 fully saturated rings. The molecule has 7 heteroatoms. The predicted molar refractivity (Wildman–Crippen MR) is 84.0 cm³/mol. The number of carbonyl (C=O) groups excluding carboxylic acids is 1. The minimum Gasteiger partial charge on any atom is -0.494 e. The van der Waals surface area contributed by atoms with Crippen LogP contribution in [-0.2, 0) is 9.53 Å². The second-order valence-electron chi connectivity index (χ2n) is 5.00. The van der Waals surface area contributed by atoms with E-state index >= 15 is 0 Å². The monoisotopic (exact) mass is 332 g/mol. The Bertz CT molecular complexity index is 453. The van der Waals surface area contributed by atoms with Crippen molar-refractivity contribution in [2.45, 2.75) is 12.5 Å². The van der Waals surface area contributed by atoms with Crippen LogP contribution in [0.4, 0.5) is 4.39 Å². The number of ether oxygens (including phenoxy) is 2. The number of rotatable bonds is 6. The van der Waals surface area contributed by atoms with E-state index < -0.39 is 0 Å². The normalized spacial score (nSPS) is 17.5. The van der Waals surface area contributed by atoms with Gasteiger partial charge in [-0.25, -0.2) is 4.39 Å². The fourth-order valence-corrected chi connectivity index (χ4v) is 2.12. The van der Waals surface area contributed by atoms with Crippen molar-refractivity contribution in [2.24, 2.45) is 0 Å². The van der Waals surface area contributed by atoms with E-state index in [0.29, 0.717) is 45.1 Å². The molecule has 1 heterocycles. The molecule has 1 aromatic carbocycles. The van der Waals surface area contributed by atoms with Crippen LogP contribution in [0.25, 0.3) is 0 Å². The van der Waals surface area contributed by atoms with Crippen molar-refractivity contribution >= 4 is 18.3 Å². The Hall–Kier alpha value is -1.37. The molecule has 1 amide bonds. The van der Waals surface area contributed by atoms with Crippen LogP contribution in [0.1, 0.15) is 6.42 Å². The molecule has 0 radical (unpaired) electrons. The van der Waals surface area contributed by atoms with Crippen LogP contribution in [0.2, 0.25) is 0 Å². The molecule has 22 heavy (non-hydrogen) atoms. The number of nitrogens with zero attached hydrogens (tertiary/aromatic N) is 1. The van der Waals surface area contributed by atoms with E-state index in [1.165, 1.54) is 12.1 Å². The molecular formula is C15H22ClFN2O3. The Kier molecular flexibility index (Phi) is 8.16. The molecule has 1 N–H and O–H groups in total. The predicted octanol–water partition coefficient (Wildman–Crippen LogP) is 1.46. The van der Waals surface area contributed by atoms with Crippen LogP contribution in [0.5, 0.6) is 5.75 Å². The number of benzene rings is 1. The number of nitrogens with one attached hydrogen (secondary N) is 1. The fourth-order valence-electron chi connectivity index (χ4n) is 2.12. The molecule has 0 bridgehead atoms. The van der Waals surface area contributed by atoms with Crippen LogP contribution in [0, 0.1) is 5.82 Å². The molecule has 124 valence electrons. The van der Waals surface area contributed by atoms with Gasteiger partial charge in [-0.15, -0.1) is 12.4 Å². The molecule has 0 saturated carbocycles. The second kappa shape index (κ2) is 9.61. The van der Waals surface area contributed by atoms with Crippen LogP contribution in [0.15, 0.2) is 24.3 Å². The standard InChI is InChI=1S/C15H21FN2O3.ClH/c1-18(15(19)14-11-20-10-7-17-14)8-2-9-21-13-5-3-12(16)4-6-13;/h3-6,14,17H,2,7-11H2,1H3;1H. The molecule has 0 aromatic heterocycles. The summed E-state index contributed by atoms with van der Waals surface area (Å²) >= 11 is 0.